The summed E-state index contributed by atoms with van der Waals surface area (Å²) in [7, 11) is 2.72. The van der Waals surface area contributed by atoms with Crippen LogP contribution in [0.3, 0.4) is 0 Å². The van der Waals surface area contributed by atoms with E-state index in [2.05, 4.69) is 4.74 Å². The smallest absolute Gasteiger partial charge is 0.497 e. The molecule has 2 amide bonds. The van der Waals surface area contributed by atoms with Gasteiger partial charge in [0.2, 0.25) is 12.2 Å². The van der Waals surface area contributed by atoms with Crippen LogP contribution in [0.4, 0.5) is 9.18 Å². The molecule has 124 valence electrons. The van der Waals surface area contributed by atoms with Crippen LogP contribution in [0, 0.1) is 0 Å². The minimum absolute atomic E-state index is 0.184. The SMILES string of the molecule is CNC(=O)/C(F)=C\N(C=O)COC(=O)Oc1ccc(OC)cc1. The van der Waals surface area contributed by atoms with Crippen molar-refractivity contribution in [3.05, 3.63) is 36.3 Å². The minimum Gasteiger partial charge on any atom is -0.497 e. The van der Waals surface area contributed by atoms with E-state index in [-0.39, 0.29) is 12.2 Å². The monoisotopic (exact) mass is 326 g/mol. The molecule has 9 heteroatoms. The number of hydrogen-bond acceptors (Lipinski definition) is 6. The van der Waals surface area contributed by atoms with E-state index in [1.165, 1.54) is 26.3 Å². The topological polar surface area (TPSA) is 94.2 Å². The average Bonchev–Trinajstić information content (AvgIpc) is 2.58. The van der Waals surface area contributed by atoms with Gasteiger partial charge < -0.3 is 19.5 Å². The van der Waals surface area contributed by atoms with Gasteiger partial charge in [0, 0.05) is 7.05 Å². The molecule has 23 heavy (non-hydrogen) atoms. The first kappa shape index (κ1) is 18.0. The maximum atomic E-state index is 13.2. The second kappa shape index (κ2) is 9.03. The van der Waals surface area contributed by atoms with Gasteiger partial charge in [-0.25, -0.2) is 4.79 Å². The van der Waals surface area contributed by atoms with Crippen molar-refractivity contribution in [2.75, 3.05) is 20.9 Å². The van der Waals surface area contributed by atoms with Crippen LogP contribution in [-0.4, -0.2) is 44.3 Å². The molecule has 0 radical (unpaired) electrons. The molecular weight excluding hydrogens is 311 g/mol. The number of methoxy groups -OCH3 is 1. The first-order valence-electron chi connectivity index (χ1n) is 6.29. The zero-order chi connectivity index (χ0) is 17.2. The quantitative estimate of drug-likeness (QED) is 0.266. The van der Waals surface area contributed by atoms with E-state index < -0.39 is 24.6 Å². The van der Waals surface area contributed by atoms with E-state index in [1.807, 2.05) is 5.32 Å². The van der Waals surface area contributed by atoms with Crippen molar-refractivity contribution in [2.24, 2.45) is 0 Å². The number of nitrogens with one attached hydrogen (secondary N) is 1. The number of hydrogen-bond donors (Lipinski definition) is 1. The first-order chi connectivity index (χ1) is 11.0. The predicted molar refractivity (Wildman–Crippen MR) is 76.1 cm³/mol. The van der Waals surface area contributed by atoms with Crippen molar-refractivity contribution in [1.82, 2.24) is 10.2 Å². The van der Waals surface area contributed by atoms with Gasteiger partial charge in [-0.15, -0.1) is 0 Å². The van der Waals surface area contributed by atoms with Gasteiger partial charge in [-0.3, -0.25) is 14.5 Å². The lowest BCUT2D eigenvalue weighted by Crippen LogP contribution is -2.26. The van der Waals surface area contributed by atoms with Crippen molar-refractivity contribution in [2.45, 2.75) is 0 Å². The third-order valence-corrected chi connectivity index (χ3v) is 2.45. The molecule has 0 aliphatic heterocycles. The number of likely N-dealkylation sites (N-methyl/N-ethyl adjacent to an activating group) is 1. The van der Waals surface area contributed by atoms with Crippen molar-refractivity contribution in [3.63, 3.8) is 0 Å². The van der Waals surface area contributed by atoms with Gasteiger partial charge in [-0.1, -0.05) is 0 Å². The van der Waals surface area contributed by atoms with Crippen LogP contribution in [0.1, 0.15) is 0 Å². The number of rotatable bonds is 7. The summed E-state index contributed by atoms with van der Waals surface area (Å²) in [5.74, 6) is -1.46. The van der Waals surface area contributed by atoms with Crippen molar-refractivity contribution < 1.29 is 33.0 Å². The molecule has 0 heterocycles. The molecule has 0 saturated heterocycles. The molecule has 1 rings (SSSR count). The third kappa shape index (κ3) is 6.04. The summed E-state index contributed by atoms with van der Waals surface area (Å²) in [6.45, 7) is -0.622. The molecule has 0 aliphatic rings. The van der Waals surface area contributed by atoms with E-state index in [1.54, 1.807) is 12.1 Å². The molecule has 0 spiro atoms. The highest BCUT2D eigenvalue weighted by Crippen LogP contribution is 2.17. The minimum atomic E-state index is -1.22. The Morgan fingerprint density at radius 2 is 1.87 bits per heavy atom. The van der Waals surface area contributed by atoms with Crippen LogP contribution in [0.25, 0.3) is 0 Å². The molecule has 1 N–H and O–H groups in total. The Hall–Kier alpha value is -3.10. The molecule has 0 bridgehead atoms. The molecule has 0 aromatic heterocycles. The van der Waals surface area contributed by atoms with Gasteiger partial charge >= 0.3 is 6.16 Å². The predicted octanol–water partition coefficient (Wildman–Crippen LogP) is 1.18. The Bertz CT molecular complexity index is 587. The summed E-state index contributed by atoms with van der Waals surface area (Å²) >= 11 is 0. The fourth-order valence-corrected chi connectivity index (χ4v) is 1.32. The fraction of sp³-hybridized carbons (Fsp3) is 0.214. The molecule has 0 fully saturated rings. The summed E-state index contributed by atoms with van der Waals surface area (Å²) in [6, 6.07) is 6.09. The van der Waals surface area contributed by atoms with Crippen LogP contribution in [0.2, 0.25) is 0 Å². The zero-order valence-corrected chi connectivity index (χ0v) is 12.4. The van der Waals surface area contributed by atoms with Gasteiger partial charge in [0.25, 0.3) is 5.91 Å². The zero-order valence-electron chi connectivity index (χ0n) is 12.4. The van der Waals surface area contributed by atoms with E-state index in [9.17, 15) is 18.8 Å². The molecule has 0 atom stereocenters. The van der Waals surface area contributed by atoms with Crippen molar-refractivity contribution >= 4 is 18.5 Å². The second-order valence-electron chi connectivity index (χ2n) is 3.98. The largest absolute Gasteiger partial charge is 0.515 e. The highest BCUT2D eigenvalue weighted by atomic mass is 19.1. The maximum absolute atomic E-state index is 13.2. The van der Waals surface area contributed by atoms with Crippen LogP contribution >= 0.6 is 0 Å². The fourth-order valence-electron chi connectivity index (χ4n) is 1.32. The van der Waals surface area contributed by atoms with Gasteiger partial charge in [-0.05, 0) is 24.3 Å². The van der Waals surface area contributed by atoms with Crippen LogP contribution in [0.15, 0.2) is 36.3 Å². The number of ether oxygens (including phenoxy) is 3. The summed E-state index contributed by atoms with van der Waals surface area (Å²) in [4.78, 5) is 33.8. The van der Waals surface area contributed by atoms with E-state index in [4.69, 9.17) is 9.47 Å². The molecule has 8 nitrogen and oxygen atoms in total. The summed E-state index contributed by atoms with van der Waals surface area (Å²) in [6.07, 6.45) is -0.328. The number of amides is 2. The van der Waals surface area contributed by atoms with Crippen LogP contribution < -0.4 is 14.8 Å². The van der Waals surface area contributed by atoms with Gasteiger partial charge in [0.1, 0.15) is 11.5 Å². The maximum Gasteiger partial charge on any atom is 0.515 e. The Morgan fingerprint density at radius 1 is 1.26 bits per heavy atom. The van der Waals surface area contributed by atoms with E-state index in [0.717, 1.165) is 0 Å². The summed E-state index contributed by atoms with van der Waals surface area (Å²) < 4.78 is 27.6. The van der Waals surface area contributed by atoms with Gasteiger partial charge in [0.15, 0.2) is 6.73 Å². The lowest BCUT2D eigenvalue weighted by atomic mass is 10.3. The summed E-state index contributed by atoms with van der Waals surface area (Å²) in [5, 5.41) is 2.03. The lowest BCUT2D eigenvalue weighted by Gasteiger charge is -2.12. The Kier molecular flexibility index (Phi) is 7.05. The Labute approximate surface area is 131 Å². The standard InChI is InChI=1S/C14H15FN2O6/c1-16-13(19)12(15)7-17(8-18)9-22-14(20)23-11-5-3-10(21-2)4-6-11/h3-8H,9H2,1-2H3,(H,16,19)/b12-7+. The number of carbonyl (C=O) groups is 3. The normalized spacial score (nSPS) is 10.5. The number of carbonyl (C=O) groups excluding carboxylic acids is 3. The molecule has 0 aliphatic carbocycles. The lowest BCUT2D eigenvalue weighted by molar-refractivity contribution is -0.119. The summed E-state index contributed by atoms with van der Waals surface area (Å²) in [5.41, 5.74) is 0. The van der Waals surface area contributed by atoms with Crippen molar-refractivity contribution in [3.8, 4) is 11.5 Å². The highest BCUT2D eigenvalue weighted by Gasteiger charge is 2.12. The second-order valence-corrected chi connectivity index (χ2v) is 3.98. The molecule has 0 unspecified atom stereocenters. The molecular formula is C14H15FN2O6. The highest BCUT2D eigenvalue weighted by molar-refractivity contribution is 5.91. The molecule has 1 aromatic carbocycles. The van der Waals surface area contributed by atoms with Crippen molar-refractivity contribution in [1.29, 1.82) is 0 Å². The molecule has 0 saturated carbocycles. The Morgan fingerprint density at radius 3 is 2.39 bits per heavy atom. The Balaban J connectivity index is 2.52. The number of nitrogens with zero attached hydrogens (tertiary/aromatic N) is 1. The molecule has 1 aromatic rings. The van der Waals surface area contributed by atoms with Gasteiger partial charge in [0.05, 0.1) is 13.3 Å². The average molecular weight is 326 g/mol. The van der Waals surface area contributed by atoms with Gasteiger partial charge in [-0.2, -0.15) is 4.39 Å². The third-order valence-electron chi connectivity index (χ3n) is 2.45. The van der Waals surface area contributed by atoms with E-state index >= 15 is 0 Å². The number of benzene rings is 1. The number of halogens is 1. The van der Waals surface area contributed by atoms with Crippen LogP contribution in [0.5, 0.6) is 11.5 Å². The van der Waals surface area contributed by atoms with Crippen LogP contribution in [-0.2, 0) is 14.3 Å². The first-order valence-corrected chi connectivity index (χ1v) is 6.29. The van der Waals surface area contributed by atoms with E-state index in [0.29, 0.717) is 16.8 Å².